The summed E-state index contributed by atoms with van der Waals surface area (Å²) in [4.78, 5) is 101. The summed E-state index contributed by atoms with van der Waals surface area (Å²) in [6, 6.07) is 4.19. The quantitative estimate of drug-likeness (QED) is 0.119. The lowest BCUT2D eigenvalue weighted by molar-refractivity contribution is -0.143. The third-order valence-corrected chi connectivity index (χ3v) is 11.9. The molecular formula is C46H65ClN8O9. The van der Waals surface area contributed by atoms with Crippen molar-refractivity contribution in [1.82, 2.24) is 41.8 Å². The van der Waals surface area contributed by atoms with Gasteiger partial charge in [0.25, 0.3) is 0 Å². The summed E-state index contributed by atoms with van der Waals surface area (Å²) >= 11 is 6.19. The monoisotopic (exact) mass is 908 g/mol. The zero-order valence-electron chi connectivity index (χ0n) is 37.8. The average Bonchev–Trinajstić information content (AvgIpc) is 3.62. The fraction of sp³-hybridized carbons (Fsp3) is 0.543. The van der Waals surface area contributed by atoms with Crippen LogP contribution in [0.2, 0.25) is 5.02 Å². The van der Waals surface area contributed by atoms with E-state index in [0.717, 1.165) is 5.56 Å². The lowest BCUT2D eigenvalue weighted by Crippen LogP contribution is -2.60. The Kier molecular flexibility index (Phi) is 18.8. The van der Waals surface area contributed by atoms with Gasteiger partial charge in [-0.1, -0.05) is 89.9 Å². The standard InChI is InChI=1S/C46H65ClN8O9/c1-8-27(6)39(45(62)63)54-46(64)53-32-16-12-13-17-48-40(57)35(20-28-14-10-9-11-15-28)51-43(60)37(21-29-24-49-33-23-31(47)38(56)22-30(29)33)55(7)44(61)36(19-26(4)5)52-42(59)34(18-25(2)3)50-41(32)58/h9-11,14-15,22-27,32,34-37,39,49,56H,8,12-13,16-21H2,1-7H3,(H,48,57)(H,50,58)(H,51,60)(H,52,59)(H,62,63)(H2,53,54,64)/t27?,32-,34+,35+,36+,37+,39+/m1/s1. The number of aromatic hydroxyl groups is 1. The Morgan fingerprint density at radius 1 is 0.844 bits per heavy atom. The predicted octanol–water partition coefficient (Wildman–Crippen LogP) is 4.15. The molecule has 1 unspecified atom stereocenters. The number of hydrogen-bond acceptors (Lipinski definition) is 8. The third-order valence-electron chi connectivity index (χ3n) is 11.5. The molecule has 2 heterocycles. The average molecular weight is 910 g/mol. The minimum atomic E-state index is -1.23. The van der Waals surface area contributed by atoms with E-state index in [1.54, 1.807) is 26.1 Å². The topological polar surface area (TPSA) is 251 Å². The molecule has 0 radical (unpaired) electrons. The van der Waals surface area contributed by atoms with Gasteiger partial charge < -0.3 is 52.0 Å². The normalized spacial score (nSPS) is 22.1. The minimum absolute atomic E-state index is 0.0598. The number of nitrogens with one attached hydrogen (secondary N) is 7. The molecule has 1 saturated heterocycles. The second kappa shape index (κ2) is 23.7. The van der Waals surface area contributed by atoms with E-state index in [4.69, 9.17) is 11.6 Å². The van der Waals surface area contributed by atoms with Crippen LogP contribution in [0.4, 0.5) is 4.79 Å². The van der Waals surface area contributed by atoms with Crippen LogP contribution >= 0.6 is 11.6 Å². The summed E-state index contributed by atoms with van der Waals surface area (Å²) < 4.78 is 0. The van der Waals surface area contributed by atoms with Gasteiger partial charge in [-0.05, 0) is 73.1 Å². The lowest BCUT2D eigenvalue weighted by atomic mass is 9.97. The second-order valence-electron chi connectivity index (χ2n) is 17.6. The molecule has 350 valence electrons. The molecule has 4 rings (SSSR count). The van der Waals surface area contributed by atoms with Crippen LogP contribution in [0.5, 0.6) is 5.75 Å². The Bertz CT molecular complexity index is 2110. The van der Waals surface area contributed by atoms with Crippen LogP contribution in [0.15, 0.2) is 48.7 Å². The van der Waals surface area contributed by atoms with Gasteiger partial charge in [0.2, 0.25) is 29.5 Å². The maximum absolute atomic E-state index is 14.7. The fourth-order valence-corrected chi connectivity index (χ4v) is 7.90. The smallest absolute Gasteiger partial charge is 0.326 e. The first kappa shape index (κ1) is 50.8. The first-order chi connectivity index (χ1) is 30.3. The van der Waals surface area contributed by atoms with Crippen molar-refractivity contribution < 1.29 is 43.8 Å². The Hall–Kier alpha value is -5.84. The number of aromatic nitrogens is 1. The minimum Gasteiger partial charge on any atom is -0.506 e. The van der Waals surface area contributed by atoms with E-state index in [2.05, 4.69) is 36.9 Å². The summed E-state index contributed by atoms with van der Waals surface area (Å²) in [6.07, 6.45) is 3.23. The maximum atomic E-state index is 14.7. The van der Waals surface area contributed by atoms with Gasteiger partial charge in [-0.3, -0.25) is 24.0 Å². The Labute approximate surface area is 379 Å². The van der Waals surface area contributed by atoms with Crippen LogP contribution < -0.4 is 31.9 Å². The van der Waals surface area contributed by atoms with Crippen molar-refractivity contribution in [2.24, 2.45) is 17.8 Å². The zero-order chi connectivity index (χ0) is 47.2. The van der Waals surface area contributed by atoms with Gasteiger partial charge in [0.05, 0.1) is 5.02 Å². The molecular weight excluding hydrogens is 844 g/mol. The molecule has 17 nitrogen and oxygen atoms in total. The van der Waals surface area contributed by atoms with Crippen LogP contribution in [0.3, 0.4) is 0 Å². The van der Waals surface area contributed by atoms with E-state index in [0.29, 0.717) is 35.7 Å². The number of urea groups is 1. The zero-order valence-corrected chi connectivity index (χ0v) is 38.5. The maximum Gasteiger partial charge on any atom is 0.326 e. The van der Waals surface area contributed by atoms with Gasteiger partial charge in [-0.15, -0.1) is 0 Å². The highest BCUT2D eigenvalue weighted by molar-refractivity contribution is 6.32. The Morgan fingerprint density at radius 3 is 2.12 bits per heavy atom. The number of carboxylic acids is 1. The first-order valence-electron chi connectivity index (χ1n) is 22.1. The number of carbonyl (C=O) groups excluding carboxylic acids is 6. The molecule has 7 amide bonds. The molecule has 0 aliphatic carbocycles. The summed E-state index contributed by atoms with van der Waals surface area (Å²) in [5, 5.41) is 37.5. The van der Waals surface area contributed by atoms with Crippen molar-refractivity contribution in [3.05, 3.63) is 64.8 Å². The molecule has 1 aliphatic rings. The number of aliphatic carboxylic acids is 1. The molecule has 1 aromatic heterocycles. The van der Waals surface area contributed by atoms with Gasteiger partial charge in [0, 0.05) is 43.5 Å². The predicted molar refractivity (Wildman–Crippen MR) is 243 cm³/mol. The highest BCUT2D eigenvalue weighted by atomic mass is 35.5. The van der Waals surface area contributed by atoms with Crippen molar-refractivity contribution in [3.63, 3.8) is 0 Å². The molecule has 0 spiro atoms. The number of likely N-dealkylation sites (N-methyl/N-ethyl adjacent to an activating group) is 1. The van der Waals surface area contributed by atoms with Crippen LogP contribution in [-0.4, -0.2) is 111 Å². The number of carboxylic acid groups (broad SMARTS) is 1. The molecule has 3 aromatic rings. The van der Waals surface area contributed by atoms with Gasteiger partial charge in [0.15, 0.2) is 0 Å². The number of nitrogens with zero attached hydrogens (tertiary/aromatic N) is 1. The van der Waals surface area contributed by atoms with Crippen LogP contribution in [0, 0.1) is 17.8 Å². The van der Waals surface area contributed by atoms with Crippen LogP contribution in [0.1, 0.15) is 91.2 Å². The summed E-state index contributed by atoms with van der Waals surface area (Å²) in [5.74, 6) is -5.12. The van der Waals surface area contributed by atoms with Crippen molar-refractivity contribution in [2.45, 2.75) is 129 Å². The molecule has 7 atom stereocenters. The second-order valence-corrected chi connectivity index (χ2v) is 18.0. The van der Waals surface area contributed by atoms with Gasteiger partial charge in [-0.2, -0.15) is 0 Å². The largest absolute Gasteiger partial charge is 0.506 e. The highest BCUT2D eigenvalue weighted by Crippen LogP contribution is 2.31. The lowest BCUT2D eigenvalue weighted by Gasteiger charge is -2.33. The van der Waals surface area contributed by atoms with E-state index in [9.17, 15) is 43.8 Å². The summed E-state index contributed by atoms with van der Waals surface area (Å²) in [7, 11) is 1.45. The Morgan fingerprint density at radius 2 is 1.48 bits per heavy atom. The van der Waals surface area contributed by atoms with E-state index < -0.39 is 83.7 Å². The number of aromatic amines is 1. The van der Waals surface area contributed by atoms with Crippen molar-refractivity contribution in [1.29, 1.82) is 0 Å². The van der Waals surface area contributed by atoms with E-state index in [1.165, 1.54) is 18.0 Å². The Balaban J connectivity index is 1.76. The van der Waals surface area contributed by atoms with E-state index in [1.807, 2.05) is 58.0 Å². The molecule has 18 heteroatoms. The van der Waals surface area contributed by atoms with Gasteiger partial charge in [0.1, 0.15) is 42.0 Å². The summed E-state index contributed by atoms with van der Waals surface area (Å²) in [6.45, 7) is 11.1. The number of phenolic OH excluding ortho intramolecular Hbond substituents is 1. The molecule has 0 bridgehead atoms. The first-order valence-corrected chi connectivity index (χ1v) is 22.4. The third kappa shape index (κ3) is 14.3. The van der Waals surface area contributed by atoms with E-state index >= 15 is 0 Å². The number of carbonyl (C=O) groups is 7. The molecule has 64 heavy (non-hydrogen) atoms. The van der Waals surface area contributed by atoms with Gasteiger partial charge >= 0.3 is 12.0 Å². The van der Waals surface area contributed by atoms with Crippen molar-refractivity contribution in [3.8, 4) is 5.75 Å². The molecule has 9 N–H and O–H groups in total. The highest BCUT2D eigenvalue weighted by Gasteiger charge is 2.37. The number of halogens is 1. The van der Waals surface area contributed by atoms with Crippen molar-refractivity contribution >= 4 is 64.0 Å². The molecule has 1 fully saturated rings. The van der Waals surface area contributed by atoms with Crippen LogP contribution in [-0.2, 0) is 41.6 Å². The number of benzene rings is 2. The summed E-state index contributed by atoms with van der Waals surface area (Å²) in [5.41, 5.74) is 1.92. The number of hydrogen-bond donors (Lipinski definition) is 9. The number of rotatable bonds is 13. The SMILES string of the molecule is CCC(C)[C@H](NC(=O)N[C@@H]1CCCCNC(=O)[C@H](Cc2ccccc2)NC(=O)[C@H](Cc2c[nH]c3cc(Cl)c(O)cc23)N(C)C(=O)[C@H](CC(C)C)NC(=O)[C@H](CC(C)C)NC1=O)C(=O)O. The van der Waals surface area contributed by atoms with E-state index in [-0.39, 0.29) is 61.3 Å². The van der Waals surface area contributed by atoms with Gasteiger partial charge in [-0.25, -0.2) is 9.59 Å². The van der Waals surface area contributed by atoms with Crippen molar-refractivity contribution in [2.75, 3.05) is 13.6 Å². The molecule has 2 aromatic carbocycles. The molecule has 1 aliphatic heterocycles. The number of fused-ring (bicyclic) bond motifs is 1. The fourth-order valence-electron chi connectivity index (χ4n) is 7.74. The number of amides is 7. The number of H-pyrrole nitrogens is 1. The molecule has 0 saturated carbocycles. The number of phenols is 1. The van der Waals surface area contributed by atoms with Crippen LogP contribution in [0.25, 0.3) is 10.9 Å².